The zero-order valence-electron chi connectivity index (χ0n) is 13.1. The third-order valence-corrected chi connectivity index (χ3v) is 8.50. The van der Waals surface area contributed by atoms with Crippen molar-refractivity contribution < 1.29 is 13.2 Å². The number of carbonyl (C=O) groups excluding carboxylic acids is 1. The topological polar surface area (TPSA) is 79.4 Å². The summed E-state index contributed by atoms with van der Waals surface area (Å²) in [4.78, 5) is 18.2. The van der Waals surface area contributed by atoms with Crippen molar-refractivity contribution in [2.24, 2.45) is 5.92 Å². The molecule has 0 atom stereocenters. The number of aryl methyl sites for hydroxylation is 1. The first kappa shape index (κ1) is 16.2. The number of thiophene rings is 1. The van der Waals surface area contributed by atoms with Crippen LogP contribution in [0.5, 0.6) is 0 Å². The summed E-state index contributed by atoms with van der Waals surface area (Å²) in [6.07, 6.45) is 2.47. The molecule has 9 heteroatoms. The molecule has 1 aliphatic heterocycles. The van der Waals surface area contributed by atoms with Crippen molar-refractivity contribution in [1.82, 2.24) is 9.29 Å². The van der Waals surface area contributed by atoms with Crippen LogP contribution < -0.4 is 5.32 Å². The monoisotopic (exact) mass is 383 g/mol. The maximum atomic E-state index is 12.7. The Balaban J connectivity index is 1.53. The predicted molar refractivity (Wildman–Crippen MR) is 93.8 cm³/mol. The molecule has 0 radical (unpaired) electrons. The molecule has 1 fully saturated rings. The molecule has 6 nitrogen and oxygen atoms in total. The molecule has 3 heterocycles. The highest BCUT2D eigenvalue weighted by Crippen LogP contribution is 2.34. The normalized spacial score (nSPS) is 18.4. The van der Waals surface area contributed by atoms with Gasteiger partial charge >= 0.3 is 0 Å². The van der Waals surface area contributed by atoms with Crippen molar-refractivity contribution in [3.05, 3.63) is 27.6 Å². The van der Waals surface area contributed by atoms with E-state index in [9.17, 15) is 13.2 Å². The average molecular weight is 384 g/mol. The van der Waals surface area contributed by atoms with Gasteiger partial charge in [0.25, 0.3) is 10.0 Å². The Kier molecular flexibility index (Phi) is 3.98. The summed E-state index contributed by atoms with van der Waals surface area (Å²) < 4.78 is 27.4. The summed E-state index contributed by atoms with van der Waals surface area (Å²) in [5.41, 5.74) is 0.903. The molecule has 24 heavy (non-hydrogen) atoms. The largest absolute Gasteiger partial charge is 0.302 e. The van der Waals surface area contributed by atoms with Gasteiger partial charge in [-0.15, -0.1) is 22.7 Å². The lowest BCUT2D eigenvalue weighted by Gasteiger charge is -2.24. The van der Waals surface area contributed by atoms with Gasteiger partial charge in [0.1, 0.15) is 4.21 Å². The van der Waals surface area contributed by atoms with E-state index in [2.05, 4.69) is 10.3 Å². The van der Waals surface area contributed by atoms with E-state index in [-0.39, 0.29) is 11.8 Å². The smallest absolute Gasteiger partial charge is 0.252 e. The second-order valence-electron chi connectivity index (χ2n) is 6.11. The number of carbonyl (C=O) groups is 1. The number of sulfonamides is 1. The van der Waals surface area contributed by atoms with E-state index in [1.165, 1.54) is 27.0 Å². The SMILES string of the molecule is Cc1ccc(S(=O)(=O)N2CCc3nc(NC(=O)C4CC4)sc3C2)s1. The van der Waals surface area contributed by atoms with Crippen LogP contribution in [0, 0.1) is 12.8 Å². The van der Waals surface area contributed by atoms with Crippen molar-refractivity contribution in [3.8, 4) is 0 Å². The molecule has 1 N–H and O–H groups in total. The molecule has 1 amide bonds. The quantitative estimate of drug-likeness (QED) is 0.880. The minimum atomic E-state index is -3.46. The van der Waals surface area contributed by atoms with Crippen LogP contribution in [0.3, 0.4) is 0 Å². The Morgan fingerprint density at radius 2 is 2.12 bits per heavy atom. The van der Waals surface area contributed by atoms with Crippen LogP contribution in [0.1, 0.15) is 28.3 Å². The summed E-state index contributed by atoms with van der Waals surface area (Å²) in [5, 5.41) is 3.44. The molecule has 2 aliphatic rings. The van der Waals surface area contributed by atoms with Crippen LogP contribution in [0.15, 0.2) is 16.3 Å². The molecule has 1 aliphatic carbocycles. The maximum absolute atomic E-state index is 12.7. The first-order valence-electron chi connectivity index (χ1n) is 7.79. The Hall–Kier alpha value is -1.29. The lowest BCUT2D eigenvalue weighted by atomic mass is 10.2. The molecule has 2 aromatic rings. The Morgan fingerprint density at radius 1 is 1.33 bits per heavy atom. The van der Waals surface area contributed by atoms with E-state index in [1.54, 1.807) is 6.07 Å². The lowest BCUT2D eigenvalue weighted by molar-refractivity contribution is -0.117. The van der Waals surface area contributed by atoms with Crippen molar-refractivity contribution in [2.75, 3.05) is 11.9 Å². The van der Waals surface area contributed by atoms with Crippen molar-refractivity contribution in [2.45, 2.75) is 36.9 Å². The van der Waals surface area contributed by atoms with Crippen LogP contribution in [0.4, 0.5) is 5.13 Å². The summed E-state index contributed by atoms with van der Waals surface area (Å²) in [5.74, 6) is 0.157. The van der Waals surface area contributed by atoms with E-state index >= 15 is 0 Å². The van der Waals surface area contributed by atoms with Gasteiger partial charge in [-0.1, -0.05) is 0 Å². The molecule has 0 saturated heterocycles. The van der Waals surface area contributed by atoms with Crippen LogP contribution in [-0.2, 0) is 27.8 Å². The predicted octanol–water partition coefficient (Wildman–Crippen LogP) is 2.61. The second-order valence-corrected chi connectivity index (χ2v) is 10.6. The molecule has 0 spiro atoms. The van der Waals surface area contributed by atoms with Gasteiger partial charge in [-0.2, -0.15) is 4.31 Å². The summed E-state index contributed by atoms with van der Waals surface area (Å²) in [6, 6.07) is 3.49. The van der Waals surface area contributed by atoms with Crippen LogP contribution >= 0.6 is 22.7 Å². The molecule has 0 bridgehead atoms. The third-order valence-electron chi connectivity index (χ3n) is 4.18. The van der Waals surface area contributed by atoms with E-state index in [0.717, 1.165) is 28.3 Å². The number of nitrogens with zero attached hydrogens (tertiary/aromatic N) is 2. The van der Waals surface area contributed by atoms with Gasteiger partial charge in [0.05, 0.1) is 12.2 Å². The number of amides is 1. The maximum Gasteiger partial charge on any atom is 0.252 e. The van der Waals surface area contributed by atoms with Crippen LogP contribution in [-0.4, -0.2) is 30.2 Å². The van der Waals surface area contributed by atoms with Gasteiger partial charge < -0.3 is 5.32 Å². The van der Waals surface area contributed by atoms with E-state index in [4.69, 9.17) is 0 Å². The first-order valence-corrected chi connectivity index (χ1v) is 10.9. The summed E-state index contributed by atoms with van der Waals surface area (Å²) in [7, 11) is -3.46. The zero-order chi connectivity index (χ0) is 16.9. The molecule has 128 valence electrons. The number of hydrogen-bond donors (Lipinski definition) is 1. The minimum Gasteiger partial charge on any atom is -0.302 e. The highest BCUT2D eigenvalue weighted by Gasteiger charge is 2.33. The van der Waals surface area contributed by atoms with Crippen molar-refractivity contribution in [3.63, 3.8) is 0 Å². The van der Waals surface area contributed by atoms with Gasteiger partial charge in [0.2, 0.25) is 5.91 Å². The molecule has 2 aromatic heterocycles. The van der Waals surface area contributed by atoms with Crippen LogP contribution in [0.2, 0.25) is 0 Å². The number of thiazole rings is 1. The van der Waals surface area contributed by atoms with Gasteiger partial charge in [-0.25, -0.2) is 13.4 Å². The fraction of sp³-hybridized carbons (Fsp3) is 0.467. The Bertz CT molecular complexity index is 896. The fourth-order valence-corrected chi connectivity index (χ4v) is 6.62. The standard InChI is InChI=1S/C15H17N3O3S3/c1-9-2-5-13(22-9)24(20,21)18-7-6-11-12(8-18)23-15(16-11)17-14(19)10-3-4-10/h2,5,10H,3-4,6-8H2,1H3,(H,16,17,19). The average Bonchev–Trinajstić information content (AvgIpc) is 3.18. The number of aromatic nitrogens is 1. The third kappa shape index (κ3) is 3.01. The molecular weight excluding hydrogens is 366 g/mol. The van der Waals surface area contributed by atoms with E-state index in [0.29, 0.717) is 28.9 Å². The lowest BCUT2D eigenvalue weighted by Crippen LogP contribution is -2.35. The minimum absolute atomic E-state index is 0.0274. The molecule has 0 unspecified atom stereocenters. The van der Waals surface area contributed by atoms with Gasteiger partial charge in [-0.05, 0) is 31.9 Å². The van der Waals surface area contributed by atoms with Gasteiger partial charge in [0, 0.05) is 28.6 Å². The molecular formula is C15H17N3O3S3. The number of anilines is 1. The fourth-order valence-electron chi connectivity index (χ4n) is 2.66. The highest BCUT2D eigenvalue weighted by molar-refractivity contribution is 7.91. The van der Waals surface area contributed by atoms with Gasteiger partial charge in [0.15, 0.2) is 5.13 Å². The Morgan fingerprint density at radius 3 is 2.79 bits per heavy atom. The zero-order valence-corrected chi connectivity index (χ0v) is 15.6. The number of nitrogens with one attached hydrogen (secondary N) is 1. The first-order chi connectivity index (χ1) is 11.4. The highest BCUT2D eigenvalue weighted by atomic mass is 32.2. The van der Waals surface area contributed by atoms with E-state index in [1.807, 2.05) is 13.0 Å². The van der Waals surface area contributed by atoms with Crippen molar-refractivity contribution >= 4 is 43.7 Å². The second kappa shape index (κ2) is 5.91. The van der Waals surface area contributed by atoms with Crippen molar-refractivity contribution in [1.29, 1.82) is 0 Å². The summed E-state index contributed by atoms with van der Waals surface area (Å²) >= 11 is 2.68. The molecule has 4 rings (SSSR count). The number of hydrogen-bond acceptors (Lipinski definition) is 6. The number of rotatable bonds is 4. The Labute approximate surface area is 148 Å². The van der Waals surface area contributed by atoms with Gasteiger partial charge in [-0.3, -0.25) is 4.79 Å². The molecule has 0 aromatic carbocycles. The molecule has 1 saturated carbocycles. The van der Waals surface area contributed by atoms with E-state index < -0.39 is 10.0 Å². The van der Waals surface area contributed by atoms with Crippen LogP contribution in [0.25, 0.3) is 0 Å². The summed E-state index contributed by atoms with van der Waals surface area (Å²) in [6.45, 7) is 2.65. The number of fused-ring (bicyclic) bond motifs is 1.